The van der Waals surface area contributed by atoms with Crippen LogP contribution in [0.3, 0.4) is 0 Å². The van der Waals surface area contributed by atoms with Crippen molar-refractivity contribution in [3.63, 3.8) is 0 Å². The predicted molar refractivity (Wildman–Crippen MR) is 87.7 cm³/mol. The van der Waals surface area contributed by atoms with E-state index >= 15 is 0 Å². The third-order valence-electron chi connectivity index (χ3n) is 4.34. The van der Waals surface area contributed by atoms with Gasteiger partial charge in [-0.15, -0.1) is 0 Å². The maximum absolute atomic E-state index is 11.3. The minimum atomic E-state index is -0.166. The zero-order valence-electron chi connectivity index (χ0n) is 13.2. The molecule has 0 spiro atoms. The van der Waals surface area contributed by atoms with E-state index in [2.05, 4.69) is 61.0 Å². The molecule has 3 aromatic rings. The van der Waals surface area contributed by atoms with Crippen LogP contribution < -0.4 is 4.57 Å². The van der Waals surface area contributed by atoms with Crippen molar-refractivity contribution in [3.05, 3.63) is 53.6 Å². The molecule has 0 bridgehead atoms. The highest BCUT2D eigenvalue weighted by Crippen LogP contribution is 2.25. The van der Waals surface area contributed by atoms with Gasteiger partial charge in [-0.25, -0.2) is 0 Å². The molecule has 3 nitrogen and oxygen atoms in total. The Balaban J connectivity index is 2.13. The molecule has 0 atom stereocenters. The summed E-state index contributed by atoms with van der Waals surface area (Å²) in [4.78, 5) is 11.3. The number of aromatic nitrogens is 1. The molecule has 0 radical (unpaired) electrons. The number of esters is 1. The van der Waals surface area contributed by atoms with Gasteiger partial charge < -0.3 is 4.74 Å². The van der Waals surface area contributed by atoms with Gasteiger partial charge in [0.15, 0.2) is 0 Å². The summed E-state index contributed by atoms with van der Waals surface area (Å²) in [5, 5.41) is 2.51. The van der Waals surface area contributed by atoms with Gasteiger partial charge in [-0.2, -0.15) is 4.57 Å². The summed E-state index contributed by atoms with van der Waals surface area (Å²) >= 11 is 0. The molecule has 0 saturated carbocycles. The van der Waals surface area contributed by atoms with Crippen molar-refractivity contribution in [3.8, 4) is 0 Å². The Hall–Kier alpha value is -2.42. The summed E-state index contributed by atoms with van der Waals surface area (Å²) in [6.07, 6.45) is 1.12. The van der Waals surface area contributed by atoms with E-state index in [1.807, 2.05) is 0 Å². The number of ether oxygens (including phenoxy) is 1. The minimum absolute atomic E-state index is 0.166. The summed E-state index contributed by atoms with van der Waals surface area (Å²) in [7, 11) is 3.53. The Kier molecular flexibility index (Phi) is 3.80. The molecule has 0 amide bonds. The van der Waals surface area contributed by atoms with Crippen LogP contribution in [0.15, 0.2) is 42.5 Å². The number of nitrogens with zero attached hydrogens (tertiary/aromatic N) is 1. The van der Waals surface area contributed by atoms with E-state index in [4.69, 9.17) is 4.74 Å². The number of aryl methyl sites for hydroxylation is 3. The molecule has 112 valence electrons. The molecule has 0 unspecified atom stereocenters. The molecule has 0 N–H and O–H groups in total. The Morgan fingerprint density at radius 1 is 1.09 bits per heavy atom. The van der Waals surface area contributed by atoms with Crippen molar-refractivity contribution in [1.82, 2.24) is 0 Å². The van der Waals surface area contributed by atoms with Gasteiger partial charge in [0.1, 0.15) is 7.05 Å². The largest absolute Gasteiger partial charge is 0.469 e. The van der Waals surface area contributed by atoms with Gasteiger partial charge >= 0.3 is 5.97 Å². The Morgan fingerprint density at radius 3 is 2.59 bits per heavy atom. The molecule has 1 heterocycles. The number of para-hydroxylation sites is 1. The summed E-state index contributed by atoms with van der Waals surface area (Å²) in [5.74, 6) is -0.166. The SMILES string of the molecule is COC(=O)CCc1ccc2c(c1)c(C)c1ccccc1[n+]2C. The van der Waals surface area contributed by atoms with Crippen molar-refractivity contribution < 1.29 is 14.1 Å². The minimum Gasteiger partial charge on any atom is -0.469 e. The lowest BCUT2D eigenvalue weighted by molar-refractivity contribution is -0.617. The van der Waals surface area contributed by atoms with E-state index in [1.165, 1.54) is 34.5 Å². The van der Waals surface area contributed by atoms with Gasteiger partial charge in [-0.05, 0) is 36.6 Å². The molecule has 1 aromatic heterocycles. The lowest BCUT2D eigenvalue weighted by Crippen LogP contribution is -2.30. The smallest absolute Gasteiger partial charge is 0.305 e. The van der Waals surface area contributed by atoms with Gasteiger partial charge in [-0.1, -0.05) is 18.2 Å². The molecule has 0 fully saturated rings. The Morgan fingerprint density at radius 2 is 1.82 bits per heavy atom. The predicted octanol–water partition coefficient (Wildman–Crippen LogP) is 3.23. The van der Waals surface area contributed by atoms with Crippen molar-refractivity contribution in [1.29, 1.82) is 0 Å². The Labute approximate surface area is 130 Å². The maximum atomic E-state index is 11.3. The molecule has 2 aromatic carbocycles. The number of hydrogen-bond acceptors (Lipinski definition) is 2. The summed E-state index contributed by atoms with van der Waals surface area (Å²) < 4.78 is 6.94. The van der Waals surface area contributed by atoms with E-state index in [-0.39, 0.29) is 5.97 Å². The second kappa shape index (κ2) is 5.76. The van der Waals surface area contributed by atoms with Crippen molar-refractivity contribution in [2.75, 3.05) is 7.11 Å². The van der Waals surface area contributed by atoms with E-state index in [0.717, 1.165) is 5.56 Å². The third kappa shape index (κ3) is 2.43. The first-order valence-corrected chi connectivity index (χ1v) is 7.48. The van der Waals surface area contributed by atoms with Gasteiger partial charge in [0.25, 0.3) is 0 Å². The zero-order chi connectivity index (χ0) is 15.7. The van der Waals surface area contributed by atoms with Crippen LogP contribution in [0.25, 0.3) is 21.8 Å². The highest BCUT2D eigenvalue weighted by Gasteiger charge is 2.15. The second-order valence-corrected chi connectivity index (χ2v) is 5.63. The first kappa shape index (κ1) is 14.5. The highest BCUT2D eigenvalue weighted by atomic mass is 16.5. The van der Waals surface area contributed by atoms with Crippen LogP contribution in [0.5, 0.6) is 0 Å². The monoisotopic (exact) mass is 294 g/mol. The lowest BCUT2D eigenvalue weighted by atomic mass is 10.00. The van der Waals surface area contributed by atoms with Crippen LogP contribution in [-0.2, 0) is 23.0 Å². The standard InChI is InChI=1S/C19H20NO2/c1-13-15-6-4-5-7-17(15)20(2)18-10-8-14(12-16(13)18)9-11-19(21)22-3/h4-8,10,12H,9,11H2,1-3H3/q+1. The number of methoxy groups -OCH3 is 1. The molecular formula is C19H20NO2+. The fourth-order valence-electron chi connectivity index (χ4n) is 3.04. The van der Waals surface area contributed by atoms with E-state index in [1.54, 1.807) is 0 Å². The fraction of sp³-hybridized carbons (Fsp3) is 0.263. The normalized spacial score (nSPS) is 11.0. The van der Waals surface area contributed by atoms with Crippen molar-refractivity contribution in [2.45, 2.75) is 19.8 Å². The summed E-state index contributed by atoms with van der Waals surface area (Å²) in [6.45, 7) is 2.16. The lowest BCUT2D eigenvalue weighted by Gasteiger charge is -2.08. The van der Waals surface area contributed by atoms with Crippen LogP contribution >= 0.6 is 0 Å². The molecule has 0 aliphatic heterocycles. The topological polar surface area (TPSA) is 30.2 Å². The molecular weight excluding hydrogens is 274 g/mol. The quantitative estimate of drug-likeness (QED) is 0.422. The van der Waals surface area contributed by atoms with Crippen molar-refractivity contribution >= 4 is 27.8 Å². The van der Waals surface area contributed by atoms with Crippen LogP contribution in [-0.4, -0.2) is 13.1 Å². The van der Waals surface area contributed by atoms with Gasteiger partial charge in [0.2, 0.25) is 11.0 Å². The van der Waals surface area contributed by atoms with Crippen LogP contribution in [0.4, 0.5) is 0 Å². The highest BCUT2D eigenvalue weighted by molar-refractivity contribution is 5.93. The fourth-order valence-corrected chi connectivity index (χ4v) is 3.04. The van der Waals surface area contributed by atoms with Crippen LogP contribution in [0.2, 0.25) is 0 Å². The number of carbonyl (C=O) groups excluding carboxylic acids is 1. The number of hydrogen-bond donors (Lipinski definition) is 0. The van der Waals surface area contributed by atoms with Gasteiger partial charge in [0, 0.05) is 23.9 Å². The van der Waals surface area contributed by atoms with Gasteiger partial charge in [0.05, 0.1) is 12.5 Å². The van der Waals surface area contributed by atoms with E-state index in [0.29, 0.717) is 12.8 Å². The molecule has 22 heavy (non-hydrogen) atoms. The summed E-state index contributed by atoms with van der Waals surface area (Å²) in [5.41, 5.74) is 4.88. The number of fused-ring (bicyclic) bond motifs is 2. The molecule has 3 rings (SSSR count). The molecule has 0 saturated heterocycles. The number of rotatable bonds is 3. The van der Waals surface area contributed by atoms with E-state index in [9.17, 15) is 4.79 Å². The third-order valence-corrected chi connectivity index (χ3v) is 4.34. The average Bonchev–Trinajstić information content (AvgIpc) is 2.57. The number of pyridine rings is 1. The average molecular weight is 294 g/mol. The first-order chi connectivity index (χ1) is 10.6. The van der Waals surface area contributed by atoms with Gasteiger partial charge in [-0.3, -0.25) is 4.79 Å². The zero-order valence-corrected chi connectivity index (χ0v) is 13.2. The molecule has 0 aliphatic rings. The van der Waals surface area contributed by atoms with Crippen LogP contribution in [0, 0.1) is 6.92 Å². The maximum Gasteiger partial charge on any atom is 0.305 e. The molecule has 3 heteroatoms. The Bertz CT molecular complexity index is 868. The number of carbonyl (C=O) groups is 1. The molecule has 0 aliphatic carbocycles. The number of benzene rings is 2. The van der Waals surface area contributed by atoms with E-state index < -0.39 is 0 Å². The first-order valence-electron chi connectivity index (χ1n) is 7.48. The summed E-state index contributed by atoms with van der Waals surface area (Å²) in [6, 6.07) is 14.9. The second-order valence-electron chi connectivity index (χ2n) is 5.63. The van der Waals surface area contributed by atoms with Crippen molar-refractivity contribution in [2.24, 2.45) is 7.05 Å². The van der Waals surface area contributed by atoms with Crippen LogP contribution in [0.1, 0.15) is 17.5 Å².